The third kappa shape index (κ3) is 3.95. The molecule has 0 bridgehead atoms. The monoisotopic (exact) mass is 208 g/mol. The number of hydrogen-bond acceptors (Lipinski definition) is 4. The number of pyridine rings is 1. The minimum atomic E-state index is 0.236. The van der Waals surface area contributed by atoms with Crippen LogP contribution in [-0.4, -0.2) is 22.6 Å². The van der Waals surface area contributed by atoms with Crippen LogP contribution in [-0.2, 0) is 0 Å². The Morgan fingerprint density at radius 2 is 2.27 bits per heavy atom. The van der Waals surface area contributed by atoms with Crippen molar-refractivity contribution in [3.05, 3.63) is 30.1 Å². The summed E-state index contributed by atoms with van der Waals surface area (Å²) in [5.41, 5.74) is 6.52. The molecule has 5 heteroatoms. The maximum Gasteiger partial charge on any atom is 0.140 e. The van der Waals surface area contributed by atoms with Crippen LogP contribution in [0.25, 0.3) is 0 Å². The van der Waals surface area contributed by atoms with Crippen molar-refractivity contribution in [1.29, 1.82) is 0 Å². The lowest BCUT2D eigenvalue weighted by atomic mass is 10.1. The van der Waals surface area contributed by atoms with E-state index in [1.165, 1.54) is 5.56 Å². The van der Waals surface area contributed by atoms with Crippen molar-refractivity contribution in [2.24, 2.45) is 10.9 Å². The van der Waals surface area contributed by atoms with Gasteiger partial charge in [-0.25, -0.2) is 0 Å². The van der Waals surface area contributed by atoms with Gasteiger partial charge in [-0.1, -0.05) is 5.16 Å². The zero-order valence-electron chi connectivity index (χ0n) is 8.72. The van der Waals surface area contributed by atoms with Crippen molar-refractivity contribution >= 4 is 5.84 Å². The Morgan fingerprint density at radius 3 is 2.87 bits per heavy atom. The van der Waals surface area contributed by atoms with Gasteiger partial charge in [0.1, 0.15) is 5.84 Å². The molecule has 0 radical (unpaired) electrons. The van der Waals surface area contributed by atoms with Gasteiger partial charge in [-0.05, 0) is 24.6 Å². The molecule has 0 saturated carbocycles. The van der Waals surface area contributed by atoms with Crippen molar-refractivity contribution in [3.8, 4) is 0 Å². The fourth-order valence-electron chi connectivity index (χ4n) is 1.24. The van der Waals surface area contributed by atoms with E-state index in [4.69, 9.17) is 10.9 Å². The molecule has 15 heavy (non-hydrogen) atoms. The standard InChI is InChI=1S/C10H16N4O/c1-8(9-2-5-12-6-3-9)13-7-4-10(11)14-15/h2-3,5-6,8,13,15H,4,7H2,1H3,(H2,11,14). The van der Waals surface area contributed by atoms with Crippen molar-refractivity contribution in [2.75, 3.05) is 6.54 Å². The first-order valence-electron chi connectivity index (χ1n) is 4.83. The number of rotatable bonds is 5. The van der Waals surface area contributed by atoms with Crippen LogP contribution in [0.15, 0.2) is 29.7 Å². The first-order chi connectivity index (χ1) is 7.24. The largest absolute Gasteiger partial charge is 0.409 e. The van der Waals surface area contributed by atoms with Crippen LogP contribution in [0, 0.1) is 0 Å². The smallest absolute Gasteiger partial charge is 0.140 e. The maximum atomic E-state index is 8.34. The Morgan fingerprint density at radius 1 is 1.60 bits per heavy atom. The minimum absolute atomic E-state index is 0.236. The number of oxime groups is 1. The molecule has 0 aromatic carbocycles. The highest BCUT2D eigenvalue weighted by atomic mass is 16.4. The summed E-state index contributed by atoms with van der Waals surface area (Å²) in [5, 5.41) is 14.5. The number of aromatic nitrogens is 1. The van der Waals surface area contributed by atoms with Gasteiger partial charge in [0.25, 0.3) is 0 Å². The normalized spacial score (nSPS) is 13.8. The SMILES string of the molecule is CC(NCCC(N)=NO)c1ccncc1. The second kappa shape index (κ2) is 5.98. The molecule has 1 heterocycles. The lowest BCUT2D eigenvalue weighted by molar-refractivity contribution is 0.316. The van der Waals surface area contributed by atoms with Crippen LogP contribution in [0.2, 0.25) is 0 Å². The fourth-order valence-corrected chi connectivity index (χ4v) is 1.24. The highest BCUT2D eigenvalue weighted by Crippen LogP contribution is 2.09. The molecule has 1 atom stereocenters. The van der Waals surface area contributed by atoms with E-state index in [1.807, 2.05) is 12.1 Å². The number of amidine groups is 1. The van der Waals surface area contributed by atoms with E-state index >= 15 is 0 Å². The molecule has 0 fully saturated rings. The summed E-state index contributed by atoms with van der Waals surface area (Å²) in [5.74, 6) is 0.240. The van der Waals surface area contributed by atoms with Crippen LogP contribution in [0.4, 0.5) is 0 Å². The third-order valence-electron chi connectivity index (χ3n) is 2.17. The van der Waals surface area contributed by atoms with Gasteiger partial charge in [-0.3, -0.25) is 4.98 Å². The Bertz CT molecular complexity index is 312. The topological polar surface area (TPSA) is 83.5 Å². The van der Waals surface area contributed by atoms with Gasteiger partial charge in [-0.2, -0.15) is 0 Å². The van der Waals surface area contributed by atoms with Gasteiger partial charge in [0, 0.05) is 31.4 Å². The van der Waals surface area contributed by atoms with Crippen molar-refractivity contribution < 1.29 is 5.21 Å². The van der Waals surface area contributed by atoms with Crippen molar-refractivity contribution in [2.45, 2.75) is 19.4 Å². The zero-order chi connectivity index (χ0) is 11.1. The quantitative estimate of drug-likeness (QED) is 0.290. The highest BCUT2D eigenvalue weighted by molar-refractivity contribution is 5.79. The summed E-state index contributed by atoms with van der Waals surface area (Å²) in [7, 11) is 0. The molecule has 4 N–H and O–H groups in total. The summed E-state index contributed by atoms with van der Waals surface area (Å²) in [6, 6.07) is 4.15. The summed E-state index contributed by atoms with van der Waals surface area (Å²) in [4.78, 5) is 3.95. The number of hydrogen-bond donors (Lipinski definition) is 3. The summed E-state index contributed by atoms with van der Waals surface area (Å²) in [6.45, 7) is 2.74. The van der Waals surface area contributed by atoms with E-state index < -0.39 is 0 Å². The predicted octanol–water partition coefficient (Wildman–Crippen LogP) is 0.869. The van der Waals surface area contributed by atoms with E-state index in [0.29, 0.717) is 13.0 Å². The minimum Gasteiger partial charge on any atom is -0.409 e. The molecule has 0 amide bonds. The Labute approximate surface area is 89.0 Å². The second-order valence-corrected chi connectivity index (χ2v) is 3.30. The van der Waals surface area contributed by atoms with Gasteiger partial charge < -0.3 is 16.3 Å². The molecule has 0 aliphatic carbocycles. The molecule has 1 aromatic heterocycles. The fraction of sp³-hybridized carbons (Fsp3) is 0.400. The molecule has 82 valence electrons. The van der Waals surface area contributed by atoms with Crippen LogP contribution in [0.5, 0.6) is 0 Å². The number of nitrogens with two attached hydrogens (primary N) is 1. The molecule has 0 aliphatic rings. The van der Waals surface area contributed by atoms with Gasteiger partial charge in [0.05, 0.1) is 0 Å². The summed E-state index contributed by atoms with van der Waals surface area (Å²) in [6.07, 6.45) is 4.06. The number of nitrogens with zero attached hydrogens (tertiary/aromatic N) is 2. The van der Waals surface area contributed by atoms with Crippen LogP contribution >= 0.6 is 0 Å². The van der Waals surface area contributed by atoms with Crippen LogP contribution in [0.1, 0.15) is 24.9 Å². The third-order valence-corrected chi connectivity index (χ3v) is 2.17. The average Bonchev–Trinajstić information content (AvgIpc) is 2.29. The van der Waals surface area contributed by atoms with E-state index in [0.717, 1.165) is 0 Å². The molecule has 1 aromatic rings. The zero-order valence-corrected chi connectivity index (χ0v) is 8.72. The van der Waals surface area contributed by atoms with Crippen LogP contribution in [0.3, 0.4) is 0 Å². The molecule has 5 nitrogen and oxygen atoms in total. The van der Waals surface area contributed by atoms with Crippen LogP contribution < -0.4 is 11.1 Å². The first kappa shape index (κ1) is 11.5. The molecule has 0 aliphatic heterocycles. The Balaban J connectivity index is 2.34. The van der Waals surface area contributed by atoms with Gasteiger partial charge >= 0.3 is 0 Å². The van der Waals surface area contributed by atoms with E-state index in [1.54, 1.807) is 12.4 Å². The predicted molar refractivity (Wildman–Crippen MR) is 58.7 cm³/mol. The highest BCUT2D eigenvalue weighted by Gasteiger charge is 2.03. The second-order valence-electron chi connectivity index (χ2n) is 3.30. The lowest BCUT2D eigenvalue weighted by Gasteiger charge is -2.13. The molecule has 1 rings (SSSR count). The molecule has 0 spiro atoms. The summed E-state index contributed by atoms with van der Waals surface area (Å²) < 4.78 is 0. The van der Waals surface area contributed by atoms with Crippen molar-refractivity contribution in [1.82, 2.24) is 10.3 Å². The summed E-state index contributed by atoms with van der Waals surface area (Å²) >= 11 is 0. The molecule has 1 unspecified atom stereocenters. The van der Waals surface area contributed by atoms with Gasteiger partial charge in [0.2, 0.25) is 0 Å². The number of nitrogens with one attached hydrogen (secondary N) is 1. The average molecular weight is 208 g/mol. The Kier molecular flexibility index (Phi) is 4.56. The van der Waals surface area contributed by atoms with E-state index in [9.17, 15) is 0 Å². The molecular weight excluding hydrogens is 192 g/mol. The van der Waals surface area contributed by atoms with Crippen molar-refractivity contribution in [3.63, 3.8) is 0 Å². The van der Waals surface area contributed by atoms with E-state index in [-0.39, 0.29) is 11.9 Å². The molecule has 0 saturated heterocycles. The maximum absolute atomic E-state index is 8.34. The van der Waals surface area contributed by atoms with Gasteiger partial charge in [-0.15, -0.1) is 0 Å². The molecular formula is C10H16N4O. The first-order valence-corrected chi connectivity index (χ1v) is 4.83. The van der Waals surface area contributed by atoms with E-state index in [2.05, 4.69) is 22.4 Å². The van der Waals surface area contributed by atoms with Gasteiger partial charge in [0.15, 0.2) is 0 Å². The Hall–Kier alpha value is -1.62. The lowest BCUT2D eigenvalue weighted by Crippen LogP contribution is -2.24.